The number of piperidine rings is 1. The first-order valence-electron chi connectivity index (χ1n) is 14.0. The topological polar surface area (TPSA) is 73.0 Å². The molecule has 2 fully saturated rings. The van der Waals surface area contributed by atoms with Crippen molar-refractivity contribution in [1.29, 1.82) is 0 Å². The van der Waals surface area contributed by atoms with Gasteiger partial charge < -0.3 is 4.90 Å². The maximum Gasteiger partial charge on any atom is 0.258 e. The van der Waals surface area contributed by atoms with E-state index in [1.54, 1.807) is 6.07 Å². The van der Waals surface area contributed by atoms with Gasteiger partial charge in [-0.05, 0) is 34.7 Å². The van der Waals surface area contributed by atoms with Crippen molar-refractivity contribution in [2.24, 2.45) is 0 Å². The zero-order valence-electron chi connectivity index (χ0n) is 22.6. The highest BCUT2D eigenvalue weighted by Crippen LogP contribution is 2.33. The zero-order chi connectivity index (χ0) is 28.5. The number of carbonyl (C=O) groups excluding carboxylic acids is 3. The van der Waals surface area contributed by atoms with Crippen LogP contribution in [0, 0.1) is 5.82 Å². The third-order valence-corrected chi connectivity index (χ3v) is 8.43. The summed E-state index contributed by atoms with van der Waals surface area (Å²) in [6, 6.07) is 22.4. The molecule has 2 saturated heterocycles. The number of nitrogens with zero attached hydrogens (tertiary/aromatic N) is 3. The summed E-state index contributed by atoms with van der Waals surface area (Å²) in [6.07, 6.45) is 0.352. The number of halogens is 2. The monoisotopic (exact) mass is 558 g/mol. The van der Waals surface area contributed by atoms with Gasteiger partial charge in [-0.15, -0.1) is 0 Å². The lowest BCUT2D eigenvalue weighted by atomic mass is 9.95. The largest absolute Gasteiger partial charge is 0.322 e. The van der Waals surface area contributed by atoms with Crippen LogP contribution < -0.4 is 5.32 Å². The number of benzene rings is 3. The van der Waals surface area contributed by atoms with E-state index in [9.17, 15) is 18.8 Å². The maximum atomic E-state index is 15.3. The molecule has 0 bridgehead atoms. The highest BCUT2D eigenvalue weighted by Gasteiger charge is 2.41. The first kappa shape index (κ1) is 27.2. The molecular weight excluding hydrogens is 526 g/mol. The molecule has 3 amide bonds. The number of amides is 3. The van der Waals surface area contributed by atoms with Gasteiger partial charge in [0.1, 0.15) is 18.5 Å². The summed E-state index contributed by atoms with van der Waals surface area (Å²) in [7, 11) is 0. The highest BCUT2D eigenvalue weighted by atomic mass is 19.1. The van der Waals surface area contributed by atoms with E-state index >= 15 is 4.39 Å². The van der Waals surface area contributed by atoms with Gasteiger partial charge in [0.05, 0.1) is 17.6 Å². The molecule has 0 saturated carbocycles. The molecule has 3 heterocycles. The second-order valence-corrected chi connectivity index (χ2v) is 11.0. The molecule has 3 aromatic rings. The molecule has 3 aliphatic heterocycles. The molecule has 3 aliphatic rings. The first-order chi connectivity index (χ1) is 19.9. The SMILES string of the molecule is O=C1CCC(N2Cc3cc(CN4CCN(C(c5ccccc5)c5ccccc5)CC4CF)cc(F)c3C2=O)C(=O)N1. The van der Waals surface area contributed by atoms with E-state index in [4.69, 9.17) is 0 Å². The average molecular weight is 559 g/mol. The molecule has 0 spiro atoms. The fourth-order valence-electron chi connectivity index (χ4n) is 6.44. The van der Waals surface area contributed by atoms with Crippen LogP contribution in [0.4, 0.5) is 8.78 Å². The molecule has 7 nitrogen and oxygen atoms in total. The minimum atomic E-state index is -0.804. The van der Waals surface area contributed by atoms with Crippen LogP contribution in [-0.4, -0.2) is 70.8 Å². The van der Waals surface area contributed by atoms with Gasteiger partial charge >= 0.3 is 0 Å². The molecular formula is C32H32F2N4O3. The number of hydrogen-bond acceptors (Lipinski definition) is 5. The third kappa shape index (κ3) is 5.39. The van der Waals surface area contributed by atoms with Gasteiger partial charge in [-0.3, -0.25) is 29.5 Å². The summed E-state index contributed by atoms with van der Waals surface area (Å²) >= 11 is 0. The van der Waals surface area contributed by atoms with Gasteiger partial charge in [0.15, 0.2) is 0 Å². The van der Waals surface area contributed by atoms with Gasteiger partial charge in [-0.25, -0.2) is 8.78 Å². The number of rotatable bonds is 7. The molecule has 2 atom stereocenters. The van der Waals surface area contributed by atoms with Crippen LogP contribution in [-0.2, 0) is 22.7 Å². The maximum absolute atomic E-state index is 15.3. The van der Waals surface area contributed by atoms with Crippen molar-refractivity contribution < 1.29 is 23.2 Å². The Balaban J connectivity index is 1.19. The van der Waals surface area contributed by atoms with E-state index in [1.807, 2.05) is 41.3 Å². The van der Waals surface area contributed by atoms with Crippen LogP contribution in [0.5, 0.6) is 0 Å². The van der Waals surface area contributed by atoms with Crippen LogP contribution in [0.1, 0.15) is 51.5 Å². The lowest BCUT2D eigenvalue weighted by Crippen LogP contribution is -2.54. The van der Waals surface area contributed by atoms with Gasteiger partial charge in [-0.2, -0.15) is 0 Å². The normalized spacial score (nSPS) is 21.8. The van der Waals surface area contributed by atoms with Crippen molar-refractivity contribution >= 4 is 17.7 Å². The van der Waals surface area contributed by atoms with E-state index < -0.39 is 30.3 Å². The lowest BCUT2D eigenvalue weighted by molar-refractivity contribution is -0.136. The van der Waals surface area contributed by atoms with Gasteiger partial charge in [0, 0.05) is 39.1 Å². The molecule has 41 heavy (non-hydrogen) atoms. The summed E-state index contributed by atoms with van der Waals surface area (Å²) in [4.78, 5) is 42.6. The predicted molar refractivity (Wildman–Crippen MR) is 149 cm³/mol. The molecule has 9 heteroatoms. The van der Waals surface area contributed by atoms with E-state index in [-0.39, 0.29) is 42.9 Å². The van der Waals surface area contributed by atoms with Gasteiger partial charge in [0.25, 0.3) is 5.91 Å². The van der Waals surface area contributed by atoms with E-state index in [0.29, 0.717) is 37.3 Å². The number of carbonyl (C=O) groups is 3. The van der Waals surface area contributed by atoms with E-state index in [2.05, 4.69) is 34.5 Å². The molecule has 0 radical (unpaired) electrons. The molecule has 0 aromatic heterocycles. The van der Waals surface area contributed by atoms with Crippen LogP contribution in [0.2, 0.25) is 0 Å². The Kier molecular flexibility index (Phi) is 7.64. The minimum absolute atomic E-state index is 0.00434. The zero-order valence-corrected chi connectivity index (χ0v) is 22.6. The average Bonchev–Trinajstić information content (AvgIpc) is 3.31. The van der Waals surface area contributed by atoms with Crippen molar-refractivity contribution in [3.63, 3.8) is 0 Å². The molecule has 6 rings (SSSR count). The first-order valence-corrected chi connectivity index (χ1v) is 14.0. The van der Waals surface area contributed by atoms with Gasteiger partial charge in [-0.1, -0.05) is 66.7 Å². The third-order valence-electron chi connectivity index (χ3n) is 8.43. The van der Waals surface area contributed by atoms with E-state index in [1.165, 1.54) is 11.0 Å². The van der Waals surface area contributed by atoms with Crippen molar-refractivity contribution in [2.75, 3.05) is 26.3 Å². The standard InChI is InChI=1S/C32H32F2N4O3/c33-17-25-20-37(30(22-7-3-1-4-8-22)23-9-5-2-6-10-23)14-13-36(25)18-21-15-24-19-38(32(41)29(24)26(34)16-21)27-11-12-28(39)35-31(27)40/h1-10,15-16,25,27,30H,11-14,17-20H2,(H,35,39,40). The summed E-state index contributed by atoms with van der Waals surface area (Å²) in [6.45, 7) is 1.73. The molecule has 2 unspecified atom stereocenters. The van der Waals surface area contributed by atoms with Crippen LogP contribution in [0.3, 0.4) is 0 Å². The highest BCUT2D eigenvalue weighted by molar-refractivity contribution is 6.05. The Bertz CT molecular complexity index is 1410. The Morgan fingerprint density at radius 2 is 1.61 bits per heavy atom. The van der Waals surface area contributed by atoms with Crippen molar-refractivity contribution in [2.45, 2.75) is 44.1 Å². The van der Waals surface area contributed by atoms with Gasteiger partial charge in [0.2, 0.25) is 11.8 Å². The number of hydrogen-bond donors (Lipinski definition) is 1. The second-order valence-electron chi connectivity index (χ2n) is 11.0. The van der Waals surface area contributed by atoms with Crippen molar-refractivity contribution in [3.8, 4) is 0 Å². The number of piperazine rings is 1. The van der Waals surface area contributed by atoms with Crippen LogP contribution in [0.25, 0.3) is 0 Å². The van der Waals surface area contributed by atoms with Crippen LogP contribution >= 0.6 is 0 Å². The fourth-order valence-corrected chi connectivity index (χ4v) is 6.44. The quantitative estimate of drug-likeness (QED) is 0.447. The summed E-state index contributed by atoms with van der Waals surface area (Å²) < 4.78 is 29.8. The lowest BCUT2D eigenvalue weighted by Gasteiger charge is -2.44. The summed E-state index contributed by atoms with van der Waals surface area (Å²) in [5, 5.41) is 2.27. The Labute approximate surface area is 237 Å². The second kappa shape index (κ2) is 11.5. The smallest absolute Gasteiger partial charge is 0.258 e. The predicted octanol–water partition coefficient (Wildman–Crippen LogP) is 3.83. The molecule has 0 aliphatic carbocycles. The number of nitrogens with one attached hydrogen (secondary N) is 1. The Hall–Kier alpha value is -3.95. The Morgan fingerprint density at radius 3 is 2.24 bits per heavy atom. The molecule has 212 valence electrons. The number of fused-ring (bicyclic) bond motifs is 1. The minimum Gasteiger partial charge on any atom is -0.322 e. The van der Waals surface area contributed by atoms with E-state index in [0.717, 1.165) is 11.1 Å². The van der Waals surface area contributed by atoms with Crippen LogP contribution in [0.15, 0.2) is 72.8 Å². The fraction of sp³-hybridized carbons (Fsp3) is 0.344. The molecule has 1 N–H and O–H groups in total. The summed E-state index contributed by atoms with van der Waals surface area (Å²) in [5.41, 5.74) is 3.44. The number of alkyl halides is 1. The molecule has 3 aromatic carbocycles. The van der Waals surface area contributed by atoms with Crippen molar-refractivity contribution in [3.05, 3.63) is 106 Å². The van der Waals surface area contributed by atoms with Crippen molar-refractivity contribution in [1.82, 2.24) is 20.0 Å². The number of imide groups is 1. The summed E-state index contributed by atoms with van der Waals surface area (Å²) in [5.74, 6) is -2.08. The Morgan fingerprint density at radius 1 is 0.927 bits per heavy atom.